The first-order valence-electron chi connectivity index (χ1n) is 5.25. The first-order chi connectivity index (χ1) is 7.13. The fraction of sp³-hybridized carbons (Fsp3) is 0.800. The number of hydrogen-bond acceptors (Lipinski definition) is 4. The summed E-state index contributed by atoms with van der Waals surface area (Å²) in [6, 6.07) is 0. The summed E-state index contributed by atoms with van der Waals surface area (Å²) in [5.74, 6) is 0.641. The number of amides is 1. The van der Waals surface area contributed by atoms with Crippen LogP contribution >= 0.6 is 11.8 Å². The van der Waals surface area contributed by atoms with Crippen LogP contribution in [0.15, 0.2) is 4.99 Å². The minimum absolute atomic E-state index is 0.0212. The Morgan fingerprint density at radius 2 is 2.53 bits per heavy atom. The van der Waals surface area contributed by atoms with E-state index in [9.17, 15) is 9.90 Å². The number of carbonyl (C=O) groups is 1. The number of aliphatic imine (C=N–C) groups is 1. The third-order valence-electron chi connectivity index (χ3n) is 2.42. The van der Waals surface area contributed by atoms with Crippen LogP contribution in [-0.2, 0) is 4.79 Å². The van der Waals surface area contributed by atoms with Crippen LogP contribution in [0, 0.1) is 5.92 Å². The van der Waals surface area contributed by atoms with E-state index in [0.29, 0.717) is 12.8 Å². The molecule has 0 aromatic rings. The first-order valence-corrected chi connectivity index (χ1v) is 6.30. The summed E-state index contributed by atoms with van der Waals surface area (Å²) in [6.07, 6.45) is 0.747. The molecule has 2 N–H and O–H groups in total. The summed E-state index contributed by atoms with van der Waals surface area (Å²) in [7, 11) is 0. The van der Waals surface area contributed by atoms with Gasteiger partial charge in [-0.05, 0) is 12.8 Å². The van der Waals surface area contributed by atoms with Crippen molar-refractivity contribution in [3.63, 3.8) is 0 Å². The monoisotopic (exact) mass is 230 g/mol. The van der Waals surface area contributed by atoms with Crippen LogP contribution in [0.2, 0.25) is 0 Å². The van der Waals surface area contributed by atoms with E-state index in [2.05, 4.69) is 10.3 Å². The number of aliphatic hydroxyl groups excluding tert-OH is 1. The molecule has 3 atom stereocenters. The Kier molecular flexibility index (Phi) is 5.11. The van der Waals surface area contributed by atoms with E-state index in [1.54, 1.807) is 17.3 Å². The molecule has 1 amide bonds. The van der Waals surface area contributed by atoms with E-state index < -0.39 is 0 Å². The van der Waals surface area contributed by atoms with E-state index in [1.165, 1.54) is 0 Å². The number of thioether (sulfide) groups is 1. The summed E-state index contributed by atoms with van der Waals surface area (Å²) in [5, 5.41) is 12.3. The topological polar surface area (TPSA) is 61.7 Å². The van der Waals surface area contributed by atoms with E-state index in [4.69, 9.17) is 0 Å². The van der Waals surface area contributed by atoms with Crippen molar-refractivity contribution in [1.82, 2.24) is 5.32 Å². The molecule has 0 aromatic carbocycles. The molecule has 0 bridgehead atoms. The summed E-state index contributed by atoms with van der Waals surface area (Å²) < 4.78 is 0. The Hall–Kier alpha value is -0.550. The van der Waals surface area contributed by atoms with E-state index >= 15 is 0 Å². The number of hydrogen-bond donors (Lipinski definition) is 2. The largest absolute Gasteiger partial charge is 0.393 e. The molecule has 1 aliphatic heterocycles. The third-order valence-corrected chi connectivity index (χ3v) is 3.20. The minimum atomic E-state index is -0.382. The molecule has 0 radical (unpaired) electrons. The molecule has 1 aliphatic rings. The zero-order valence-corrected chi connectivity index (χ0v) is 9.96. The van der Waals surface area contributed by atoms with E-state index in [1.807, 2.05) is 13.8 Å². The lowest BCUT2D eigenvalue weighted by Gasteiger charge is -2.16. The average Bonchev–Trinajstić information content (AvgIpc) is 2.70. The average molecular weight is 230 g/mol. The van der Waals surface area contributed by atoms with Gasteiger partial charge in [-0.1, -0.05) is 13.8 Å². The minimum Gasteiger partial charge on any atom is -0.393 e. The molecule has 1 heterocycles. The van der Waals surface area contributed by atoms with E-state index in [-0.39, 0.29) is 24.1 Å². The van der Waals surface area contributed by atoms with Crippen molar-refractivity contribution in [3.8, 4) is 0 Å². The van der Waals surface area contributed by atoms with Gasteiger partial charge in [-0.25, -0.2) is 0 Å². The fourth-order valence-electron chi connectivity index (χ4n) is 1.36. The SMILES string of the molecule is CC[C@H](O)C[C@H](C)C(=O)NC1CSC=N1. The van der Waals surface area contributed by atoms with Gasteiger partial charge in [0.15, 0.2) is 0 Å². The van der Waals surface area contributed by atoms with Crippen LogP contribution in [0.3, 0.4) is 0 Å². The second-order valence-electron chi connectivity index (χ2n) is 3.81. The number of aliphatic hydroxyl groups is 1. The van der Waals surface area contributed by atoms with Crippen molar-refractivity contribution < 1.29 is 9.90 Å². The predicted molar refractivity (Wildman–Crippen MR) is 63.0 cm³/mol. The number of nitrogens with zero attached hydrogens (tertiary/aromatic N) is 1. The van der Waals surface area contributed by atoms with Crippen molar-refractivity contribution in [2.75, 3.05) is 5.75 Å². The van der Waals surface area contributed by atoms with Gasteiger partial charge in [0, 0.05) is 11.7 Å². The Labute approximate surface area is 94.5 Å². The maximum atomic E-state index is 11.6. The van der Waals surface area contributed by atoms with Crippen LogP contribution in [0.25, 0.3) is 0 Å². The van der Waals surface area contributed by atoms with Gasteiger partial charge >= 0.3 is 0 Å². The zero-order valence-electron chi connectivity index (χ0n) is 9.14. The normalized spacial score (nSPS) is 23.8. The predicted octanol–water partition coefficient (Wildman–Crippen LogP) is 1.00. The molecule has 0 saturated carbocycles. The maximum Gasteiger partial charge on any atom is 0.224 e. The van der Waals surface area contributed by atoms with Crippen molar-refractivity contribution >= 4 is 23.2 Å². The van der Waals surface area contributed by atoms with Gasteiger partial charge in [-0.2, -0.15) is 0 Å². The number of nitrogens with one attached hydrogen (secondary N) is 1. The lowest BCUT2D eigenvalue weighted by Crippen LogP contribution is -2.38. The molecule has 0 aromatic heterocycles. The summed E-state index contributed by atoms with van der Waals surface area (Å²) in [5.41, 5.74) is 1.76. The molecule has 86 valence electrons. The second-order valence-corrected chi connectivity index (χ2v) is 4.69. The molecule has 0 saturated heterocycles. The van der Waals surface area contributed by atoms with Crippen molar-refractivity contribution in [2.45, 2.75) is 39.0 Å². The number of rotatable bonds is 5. The Morgan fingerprint density at radius 1 is 1.80 bits per heavy atom. The summed E-state index contributed by atoms with van der Waals surface area (Å²) in [4.78, 5) is 15.7. The van der Waals surface area contributed by atoms with Crippen molar-refractivity contribution in [3.05, 3.63) is 0 Å². The van der Waals surface area contributed by atoms with Gasteiger partial charge < -0.3 is 10.4 Å². The Balaban J connectivity index is 2.29. The van der Waals surface area contributed by atoms with Crippen LogP contribution in [0.4, 0.5) is 0 Å². The summed E-state index contributed by atoms with van der Waals surface area (Å²) >= 11 is 1.60. The highest BCUT2D eigenvalue weighted by Gasteiger charge is 2.20. The second kappa shape index (κ2) is 6.12. The maximum absolute atomic E-state index is 11.6. The van der Waals surface area contributed by atoms with Gasteiger partial charge in [0.25, 0.3) is 0 Å². The van der Waals surface area contributed by atoms with Crippen molar-refractivity contribution in [2.24, 2.45) is 10.9 Å². The molecular formula is C10H18N2O2S. The van der Waals surface area contributed by atoms with Gasteiger partial charge in [0.05, 0.1) is 11.7 Å². The molecule has 0 aliphatic carbocycles. The smallest absolute Gasteiger partial charge is 0.224 e. The summed E-state index contributed by atoms with van der Waals surface area (Å²) in [6.45, 7) is 3.74. The van der Waals surface area contributed by atoms with Crippen LogP contribution in [0.1, 0.15) is 26.7 Å². The Morgan fingerprint density at radius 3 is 3.07 bits per heavy atom. The number of carbonyl (C=O) groups excluding carboxylic acids is 1. The third kappa shape index (κ3) is 4.22. The quantitative estimate of drug-likeness (QED) is 0.740. The molecule has 5 heteroatoms. The molecule has 15 heavy (non-hydrogen) atoms. The van der Waals surface area contributed by atoms with Gasteiger partial charge in [0.1, 0.15) is 6.17 Å². The fourth-order valence-corrected chi connectivity index (χ4v) is 2.03. The van der Waals surface area contributed by atoms with Gasteiger partial charge in [-0.3, -0.25) is 9.79 Å². The lowest BCUT2D eigenvalue weighted by atomic mass is 10.0. The van der Waals surface area contributed by atoms with E-state index in [0.717, 1.165) is 5.75 Å². The van der Waals surface area contributed by atoms with Crippen LogP contribution in [-0.4, -0.2) is 34.6 Å². The van der Waals surface area contributed by atoms with Crippen LogP contribution in [0.5, 0.6) is 0 Å². The molecule has 1 rings (SSSR count). The molecule has 1 unspecified atom stereocenters. The zero-order chi connectivity index (χ0) is 11.3. The van der Waals surface area contributed by atoms with Gasteiger partial charge in [0.2, 0.25) is 5.91 Å². The molecule has 4 nitrogen and oxygen atoms in total. The highest BCUT2D eigenvalue weighted by atomic mass is 32.2. The molecule has 0 fully saturated rings. The molecule has 0 spiro atoms. The Bertz CT molecular complexity index is 246. The van der Waals surface area contributed by atoms with Gasteiger partial charge in [-0.15, -0.1) is 11.8 Å². The highest BCUT2D eigenvalue weighted by Crippen LogP contribution is 2.12. The van der Waals surface area contributed by atoms with Crippen LogP contribution < -0.4 is 5.32 Å². The first kappa shape index (κ1) is 12.5. The standard InChI is InChI=1S/C10H18N2O2S/c1-3-8(13)4-7(2)10(14)12-9-5-15-6-11-9/h6-9,13H,3-5H2,1-2H3,(H,12,14)/t7-,8-,9?/m0/s1. The molecular weight excluding hydrogens is 212 g/mol. The van der Waals surface area contributed by atoms with Crippen molar-refractivity contribution in [1.29, 1.82) is 0 Å². The highest BCUT2D eigenvalue weighted by molar-refractivity contribution is 8.12. The lowest BCUT2D eigenvalue weighted by molar-refractivity contribution is -0.126.